The van der Waals surface area contributed by atoms with Gasteiger partial charge >= 0.3 is 0 Å². The Morgan fingerprint density at radius 1 is 0.970 bits per heavy atom. The van der Waals surface area contributed by atoms with Crippen LogP contribution in [0.25, 0.3) is 0 Å². The zero-order valence-corrected chi connectivity index (χ0v) is 20.1. The van der Waals surface area contributed by atoms with E-state index in [1.807, 2.05) is 0 Å². The van der Waals surface area contributed by atoms with E-state index in [1.165, 1.54) is 54.9 Å². The quantitative estimate of drug-likeness (QED) is 0.457. The van der Waals surface area contributed by atoms with Crippen molar-refractivity contribution in [2.75, 3.05) is 27.1 Å². The predicted octanol–water partition coefficient (Wildman–Crippen LogP) is 2.99. The third-order valence-electron chi connectivity index (χ3n) is 4.12. The van der Waals surface area contributed by atoms with Gasteiger partial charge in [0, 0.05) is 18.1 Å². The van der Waals surface area contributed by atoms with Gasteiger partial charge in [-0.1, -0.05) is 23.2 Å². The molecule has 0 unspecified atom stereocenters. The maximum absolute atomic E-state index is 12.5. The lowest BCUT2D eigenvalue weighted by molar-refractivity contribution is -0.114. The van der Waals surface area contributed by atoms with Gasteiger partial charge in [-0.3, -0.25) is 9.10 Å². The summed E-state index contributed by atoms with van der Waals surface area (Å²) < 4.78 is 52.4. The number of nitrogens with one attached hydrogen (secondary N) is 2. The number of hydrogen-bond donors (Lipinski definition) is 2. The average molecular weight is 530 g/mol. The van der Waals surface area contributed by atoms with E-state index in [4.69, 9.17) is 23.2 Å². The summed E-state index contributed by atoms with van der Waals surface area (Å²) in [5, 5.41) is 2.90. The summed E-state index contributed by atoms with van der Waals surface area (Å²) in [5.74, 6) is -0.740. The molecule has 0 aliphatic carbocycles. The highest BCUT2D eigenvalue weighted by Crippen LogP contribution is 2.28. The van der Waals surface area contributed by atoms with E-state index < -0.39 is 32.5 Å². The topological polar surface area (TPSA) is 138 Å². The summed E-state index contributed by atoms with van der Waals surface area (Å²) in [6.07, 6.45) is 3.73. The van der Waals surface area contributed by atoms with Crippen LogP contribution in [0.3, 0.4) is 0 Å². The molecule has 0 aliphatic heterocycles. The van der Waals surface area contributed by atoms with Crippen molar-refractivity contribution in [3.05, 3.63) is 71.0 Å². The summed E-state index contributed by atoms with van der Waals surface area (Å²) in [6, 6.07) is 11.0. The highest BCUT2D eigenvalue weighted by molar-refractivity contribution is 7.92. The first-order valence-electron chi connectivity index (χ1n) is 9.08. The van der Waals surface area contributed by atoms with Crippen LogP contribution >= 0.6 is 23.2 Å². The fourth-order valence-corrected chi connectivity index (χ4v) is 4.72. The minimum Gasteiger partial charge on any atom is -0.325 e. The third-order valence-corrected chi connectivity index (χ3v) is 7.34. The van der Waals surface area contributed by atoms with Crippen molar-refractivity contribution in [1.82, 2.24) is 9.97 Å². The van der Waals surface area contributed by atoms with Crippen LogP contribution in [0.5, 0.6) is 0 Å². The van der Waals surface area contributed by atoms with Gasteiger partial charge in [-0.2, -0.15) is 0 Å². The zero-order chi connectivity index (χ0) is 24.2. The molecule has 3 aromatic rings. The number of rotatable bonds is 8. The number of aromatic nitrogens is 2. The van der Waals surface area contributed by atoms with Crippen LogP contribution in [0.15, 0.2) is 65.8 Å². The first-order chi connectivity index (χ1) is 15.5. The summed E-state index contributed by atoms with van der Waals surface area (Å²) in [5.41, 5.74) is 0.426. The molecular weight excluding hydrogens is 513 g/mol. The molecular formula is C19H17Cl2N5O5S2. The van der Waals surface area contributed by atoms with E-state index in [2.05, 4.69) is 20.0 Å². The van der Waals surface area contributed by atoms with Gasteiger partial charge in [-0.05, 0) is 48.5 Å². The van der Waals surface area contributed by atoms with Gasteiger partial charge in [-0.25, -0.2) is 31.5 Å². The molecule has 2 N–H and O–H groups in total. The molecule has 2 aromatic carbocycles. The van der Waals surface area contributed by atoms with Crippen molar-refractivity contribution in [2.24, 2.45) is 0 Å². The van der Waals surface area contributed by atoms with Crippen LogP contribution in [0, 0.1) is 0 Å². The lowest BCUT2D eigenvalue weighted by Gasteiger charge is -2.22. The Hall–Kier alpha value is -2.93. The second-order valence-corrected chi connectivity index (χ2v) is 11.0. The molecule has 10 nitrogen and oxygen atoms in total. The first kappa shape index (κ1) is 24.7. The number of anilines is 3. The predicted molar refractivity (Wildman–Crippen MR) is 127 cm³/mol. The standard InChI is InChI=1S/C19H17Cl2N5O5S2/c1-32(28,29)26(14-5-8-16(20)17(21)11-14)12-18(27)24-13-3-6-15(7-4-13)33(30,31)25-19-22-9-2-10-23-19/h2-11H,12H2,1H3,(H,24,27)(H,22,23,25). The van der Waals surface area contributed by atoms with Gasteiger partial charge < -0.3 is 5.32 Å². The molecule has 1 heterocycles. The molecule has 0 fully saturated rings. The smallest absolute Gasteiger partial charge is 0.264 e. The first-order valence-corrected chi connectivity index (χ1v) is 13.2. The molecule has 1 aromatic heterocycles. The molecule has 1 amide bonds. The van der Waals surface area contributed by atoms with Crippen molar-refractivity contribution < 1.29 is 21.6 Å². The lowest BCUT2D eigenvalue weighted by Crippen LogP contribution is -2.37. The fraction of sp³-hybridized carbons (Fsp3) is 0.105. The molecule has 174 valence electrons. The highest BCUT2D eigenvalue weighted by Gasteiger charge is 2.22. The Morgan fingerprint density at radius 3 is 2.18 bits per heavy atom. The maximum atomic E-state index is 12.5. The number of benzene rings is 2. The largest absolute Gasteiger partial charge is 0.325 e. The molecule has 0 saturated heterocycles. The molecule has 0 atom stereocenters. The van der Waals surface area contributed by atoms with Crippen molar-refractivity contribution in [1.29, 1.82) is 0 Å². The van der Waals surface area contributed by atoms with Gasteiger partial charge in [0.05, 0.1) is 26.9 Å². The van der Waals surface area contributed by atoms with E-state index in [-0.39, 0.29) is 32.3 Å². The lowest BCUT2D eigenvalue weighted by atomic mass is 10.3. The Balaban J connectivity index is 1.72. The second-order valence-electron chi connectivity index (χ2n) is 6.62. The Bertz CT molecular complexity index is 1370. The Morgan fingerprint density at radius 2 is 1.61 bits per heavy atom. The number of carbonyl (C=O) groups excluding carboxylic acids is 1. The maximum Gasteiger partial charge on any atom is 0.264 e. The van der Waals surface area contributed by atoms with Gasteiger partial charge in [0.1, 0.15) is 6.54 Å². The molecule has 3 rings (SSSR count). The van der Waals surface area contributed by atoms with Crippen LogP contribution in [0.1, 0.15) is 0 Å². The number of hydrogen-bond acceptors (Lipinski definition) is 7. The SMILES string of the molecule is CS(=O)(=O)N(CC(=O)Nc1ccc(S(=O)(=O)Nc2ncccn2)cc1)c1ccc(Cl)c(Cl)c1. The van der Waals surface area contributed by atoms with Crippen molar-refractivity contribution in [3.63, 3.8) is 0 Å². The minimum atomic E-state index is -3.94. The molecule has 33 heavy (non-hydrogen) atoms. The molecule has 0 bridgehead atoms. The van der Waals surface area contributed by atoms with E-state index in [0.717, 1.165) is 10.6 Å². The van der Waals surface area contributed by atoms with Crippen LogP contribution in [-0.2, 0) is 24.8 Å². The number of amides is 1. The number of sulfonamides is 2. The fourth-order valence-electron chi connectivity index (χ4n) is 2.62. The second kappa shape index (κ2) is 9.91. The third kappa shape index (κ3) is 6.54. The van der Waals surface area contributed by atoms with Crippen molar-refractivity contribution in [2.45, 2.75) is 4.90 Å². The normalized spacial score (nSPS) is 11.6. The zero-order valence-electron chi connectivity index (χ0n) is 16.9. The molecule has 0 saturated carbocycles. The van der Waals surface area contributed by atoms with Crippen molar-refractivity contribution in [3.8, 4) is 0 Å². The summed E-state index contributed by atoms with van der Waals surface area (Å²) in [7, 11) is -7.76. The van der Waals surface area contributed by atoms with Crippen LogP contribution < -0.4 is 14.3 Å². The molecule has 0 spiro atoms. The Labute approximate surface area is 200 Å². The monoisotopic (exact) mass is 529 g/mol. The van der Waals surface area contributed by atoms with E-state index >= 15 is 0 Å². The van der Waals surface area contributed by atoms with Crippen LogP contribution in [0.4, 0.5) is 17.3 Å². The van der Waals surface area contributed by atoms with Gasteiger partial charge in [0.25, 0.3) is 10.0 Å². The molecule has 14 heteroatoms. The van der Waals surface area contributed by atoms with Gasteiger partial charge in [0.2, 0.25) is 21.9 Å². The number of nitrogens with zero attached hydrogens (tertiary/aromatic N) is 3. The van der Waals surface area contributed by atoms with Crippen LogP contribution in [-0.4, -0.2) is 45.5 Å². The van der Waals surface area contributed by atoms with Crippen molar-refractivity contribution >= 4 is 66.5 Å². The Kier molecular flexibility index (Phi) is 7.42. The van der Waals surface area contributed by atoms with E-state index in [0.29, 0.717) is 0 Å². The number of halogens is 2. The molecule has 0 aliphatic rings. The summed E-state index contributed by atoms with van der Waals surface area (Å²) >= 11 is 11.8. The van der Waals surface area contributed by atoms with E-state index in [1.54, 1.807) is 6.07 Å². The van der Waals surface area contributed by atoms with Gasteiger partial charge in [-0.15, -0.1) is 0 Å². The van der Waals surface area contributed by atoms with Crippen LogP contribution in [0.2, 0.25) is 10.0 Å². The summed E-state index contributed by atoms with van der Waals surface area (Å²) in [6.45, 7) is -0.538. The number of carbonyl (C=O) groups is 1. The minimum absolute atomic E-state index is 0.0819. The molecule has 0 radical (unpaired) electrons. The highest BCUT2D eigenvalue weighted by atomic mass is 35.5. The van der Waals surface area contributed by atoms with E-state index in [9.17, 15) is 21.6 Å². The van der Waals surface area contributed by atoms with Gasteiger partial charge in [0.15, 0.2) is 0 Å². The summed E-state index contributed by atoms with van der Waals surface area (Å²) in [4.78, 5) is 20.0. The average Bonchev–Trinajstić information content (AvgIpc) is 2.74.